The number of rotatable bonds is 7. The minimum Gasteiger partial charge on any atom is -0.611 e. The number of aryl methyl sites for hydroxylation is 3. The highest BCUT2D eigenvalue weighted by Gasteiger charge is 2.26. The molecule has 2 heterocycles. The summed E-state index contributed by atoms with van der Waals surface area (Å²) in [5, 5.41) is 0. The van der Waals surface area contributed by atoms with Gasteiger partial charge in [0.15, 0.2) is 16.5 Å². The van der Waals surface area contributed by atoms with Gasteiger partial charge in [0.05, 0.1) is 5.52 Å². The van der Waals surface area contributed by atoms with Gasteiger partial charge in [0.1, 0.15) is 22.9 Å². The van der Waals surface area contributed by atoms with E-state index in [-0.39, 0.29) is 10.6 Å². The number of nitrogen functional groups attached to an aromatic ring is 1. The van der Waals surface area contributed by atoms with Crippen molar-refractivity contribution in [2.24, 2.45) is 5.92 Å². The molecule has 1 aromatic carbocycles. The van der Waals surface area contributed by atoms with Gasteiger partial charge in [0.2, 0.25) is 0 Å². The fourth-order valence-electron chi connectivity index (χ4n) is 3.65. The third kappa shape index (κ3) is 4.09. The Morgan fingerprint density at radius 1 is 1.24 bits per heavy atom. The van der Waals surface area contributed by atoms with Crippen LogP contribution in [-0.2, 0) is 24.1 Å². The summed E-state index contributed by atoms with van der Waals surface area (Å²) < 4.78 is 41.7. The number of hydrogen-bond acceptors (Lipinski definition) is 4. The molecule has 0 aliphatic heterocycles. The number of nitrogens with zero attached hydrogens (tertiary/aromatic N) is 3. The van der Waals surface area contributed by atoms with Gasteiger partial charge in [-0.2, -0.15) is 0 Å². The van der Waals surface area contributed by atoms with Crippen LogP contribution in [0.3, 0.4) is 0 Å². The first kappa shape index (κ1) is 20.1. The van der Waals surface area contributed by atoms with Crippen LogP contribution in [0.1, 0.15) is 36.3 Å². The van der Waals surface area contributed by atoms with E-state index in [0.717, 1.165) is 46.7 Å². The van der Waals surface area contributed by atoms with Gasteiger partial charge in [0.25, 0.3) is 0 Å². The molecule has 0 saturated heterocycles. The fourth-order valence-corrected chi connectivity index (χ4v) is 4.75. The Kier molecular flexibility index (Phi) is 5.48. The highest BCUT2D eigenvalue weighted by Crippen LogP contribution is 2.34. The van der Waals surface area contributed by atoms with Crippen LogP contribution >= 0.6 is 0 Å². The maximum atomic E-state index is 13.9. The quantitative estimate of drug-likeness (QED) is 0.587. The zero-order chi connectivity index (χ0) is 20.7. The van der Waals surface area contributed by atoms with Crippen molar-refractivity contribution in [3.8, 4) is 0 Å². The van der Waals surface area contributed by atoms with Crippen molar-refractivity contribution in [1.29, 1.82) is 0 Å². The van der Waals surface area contributed by atoms with E-state index in [4.69, 9.17) is 10.7 Å². The van der Waals surface area contributed by atoms with E-state index in [1.165, 1.54) is 18.9 Å². The first-order valence-electron chi connectivity index (χ1n) is 9.80. The molecular weight excluding hydrogens is 394 g/mol. The smallest absolute Gasteiger partial charge is 0.188 e. The third-order valence-corrected chi connectivity index (χ3v) is 6.98. The molecule has 1 saturated carbocycles. The van der Waals surface area contributed by atoms with Crippen LogP contribution in [0, 0.1) is 31.4 Å². The van der Waals surface area contributed by atoms with Gasteiger partial charge in [-0.1, -0.05) is 0 Å². The Balaban J connectivity index is 1.57. The Morgan fingerprint density at radius 3 is 2.69 bits per heavy atom. The molecule has 1 fully saturated rings. The minimum absolute atomic E-state index is 0.0422. The van der Waals surface area contributed by atoms with E-state index in [0.29, 0.717) is 24.7 Å². The zero-order valence-electron chi connectivity index (χ0n) is 16.5. The molecule has 8 heteroatoms. The number of imidazole rings is 1. The van der Waals surface area contributed by atoms with E-state index in [1.54, 1.807) is 0 Å². The number of halogens is 2. The van der Waals surface area contributed by atoms with Crippen molar-refractivity contribution in [3.63, 3.8) is 0 Å². The van der Waals surface area contributed by atoms with Crippen molar-refractivity contribution in [1.82, 2.24) is 14.5 Å². The van der Waals surface area contributed by atoms with Crippen molar-refractivity contribution >= 4 is 28.0 Å². The fraction of sp³-hybridized carbons (Fsp3) is 0.429. The summed E-state index contributed by atoms with van der Waals surface area (Å²) in [5.74, 6) is 0.901. The maximum Gasteiger partial charge on any atom is 0.188 e. The summed E-state index contributed by atoms with van der Waals surface area (Å²) in [5.41, 5.74) is 9.73. The molecule has 3 aromatic rings. The van der Waals surface area contributed by atoms with E-state index in [2.05, 4.69) is 9.55 Å². The van der Waals surface area contributed by atoms with Crippen LogP contribution in [0.5, 0.6) is 0 Å². The van der Waals surface area contributed by atoms with Crippen LogP contribution in [-0.4, -0.2) is 24.8 Å². The Morgan fingerprint density at radius 2 is 2.00 bits per heavy atom. The standard InChI is InChI=1S/C21H24F2N4OS/c1-12-13(2)25-21(24)19-20(12)27(18(26-19)10-14-4-5-14)8-3-9-29(28)17-7-6-15(22)11-16(17)23/h6-7,11,14H,3-5,8-10H2,1-2H3,(H2,24,25). The maximum absolute atomic E-state index is 13.9. The molecule has 0 amide bonds. The monoisotopic (exact) mass is 418 g/mol. The van der Waals surface area contributed by atoms with Gasteiger partial charge in [-0.3, -0.25) is 0 Å². The van der Waals surface area contributed by atoms with Gasteiger partial charge in [0, 0.05) is 31.1 Å². The summed E-state index contributed by atoms with van der Waals surface area (Å²) in [7, 11) is 0. The predicted octanol–water partition coefficient (Wildman–Crippen LogP) is 4.06. The second-order valence-corrected chi connectivity index (χ2v) is 9.25. The van der Waals surface area contributed by atoms with Gasteiger partial charge in [-0.25, -0.2) is 18.7 Å². The second-order valence-electron chi connectivity index (χ2n) is 7.71. The van der Waals surface area contributed by atoms with Gasteiger partial charge < -0.3 is 14.9 Å². The Hall–Kier alpha value is -2.19. The van der Waals surface area contributed by atoms with Gasteiger partial charge >= 0.3 is 0 Å². The molecular formula is C21H24F2N4OS. The molecule has 2 N–H and O–H groups in total. The molecule has 1 aliphatic rings. The number of hydrogen-bond donors (Lipinski definition) is 1. The van der Waals surface area contributed by atoms with Gasteiger partial charge in [-0.05, 0) is 61.5 Å². The number of benzene rings is 1. The lowest BCUT2D eigenvalue weighted by Gasteiger charge is -2.14. The molecule has 2 aromatic heterocycles. The number of anilines is 1. The first-order chi connectivity index (χ1) is 13.8. The lowest BCUT2D eigenvalue weighted by molar-refractivity contribution is 0.545. The van der Waals surface area contributed by atoms with E-state index < -0.39 is 22.8 Å². The van der Waals surface area contributed by atoms with Crippen LogP contribution in [0.2, 0.25) is 0 Å². The lowest BCUT2D eigenvalue weighted by atomic mass is 10.2. The molecule has 0 spiro atoms. The summed E-state index contributed by atoms with van der Waals surface area (Å²) in [6, 6.07) is 3.16. The normalized spacial score (nSPS) is 15.2. The Labute approximate surface area is 171 Å². The molecule has 29 heavy (non-hydrogen) atoms. The lowest BCUT2D eigenvalue weighted by Crippen LogP contribution is -2.13. The van der Waals surface area contributed by atoms with Crippen molar-refractivity contribution in [2.75, 3.05) is 11.5 Å². The zero-order valence-corrected chi connectivity index (χ0v) is 17.4. The average Bonchev–Trinajstić information content (AvgIpc) is 3.40. The molecule has 154 valence electrons. The topological polar surface area (TPSA) is 79.8 Å². The molecule has 1 unspecified atom stereocenters. The Bertz CT molecular complexity index is 1060. The van der Waals surface area contributed by atoms with Crippen molar-refractivity contribution < 1.29 is 13.3 Å². The van der Waals surface area contributed by atoms with E-state index in [1.807, 2.05) is 13.8 Å². The first-order valence-corrected chi connectivity index (χ1v) is 11.1. The largest absolute Gasteiger partial charge is 0.611 e. The summed E-state index contributed by atoms with van der Waals surface area (Å²) in [6.07, 6.45) is 3.89. The molecule has 5 nitrogen and oxygen atoms in total. The van der Waals surface area contributed by atoms with E-state index >= 15 is 0 Å². The van der Waals surface area contributed by atoms with Crippen molar-refractivity contribution in [2.45, 2.75) is 51.0 Å². The summed E-state index contributed by atoms with van der Waals surface area (Å²) in [6.45, 7) is 4.54. The minimum atomic E-state index is -1.53. The number of pyridine rings is 1. The molecule has 1 aliphatic carbocycles. The summed E-state index contributed by atoms with van der Waals surface area (Å²) >= 11 is -1.53. The molecule has 1 atom stereocenters. The van der Waals surface area contributed by atoms with Crippen LogP contribution in [0.4, 0.5) is 14.6 Å². The van der Waals surface area contributed by atoms with Crippen LogP contribution in [0.25, 0.3) is 11.0 Å². The predicted molar refractivity (Wildman–Crippen MR) is 110 cm³/mol. The van der Waals surface area contributed by atoms with E-state index in [9.17, 15) is 13.3 Å². The SMILES string of the molecule is Cc1nc(N)c2nc(CC3CC3)n(CCC[S+]([O-])c3ccc(F)cc3F)c2c1C. The van der Waals surface area contributed by atoms with Gasteiger partial charge in [-0.15, -0.1) is 0 Å². The van der Waals surface area contributed by atoms with Crippen LogP contribution < -0.4 is 5.73 Å². The van der Waals surface area contributed by atoms with Crippen molar-refractivity contribution in [3.05, 3.63) is 46.9 Å². The molecule has 0 bridgehead atoms. The number of fused-ring (bicyclic) bond motifs is 1. The highest BCUT2D eigenvalue weighted by molar-refractivity contribution is 7.91. The number of aromatic nitrogens is 3. The third-order valence-electron chi connectivity index (χ3n) is 5.49. The molecule has 0 radical (unpaired) electrons. The molecule has 4 rings (SSSR count). The number of nitrogens with two attached hydrogens (primary N) is 1. The van der Waals surface area contributed by atoms with Crippen LogP contribution in [0.15, 0.2) is 23.1 Å². The highest BCUT2D eigenvalue weighted by atomic mass is 32.2. The second kappa shape index (κ2) is 7.91. The average molecular weight is 419 g/mol. The summed E-state index contributed by atoms with van der Waals surface area (Å²) in [4.78, 5) is 9.21.